The van der Waals surface area contributed by atoms with Gasteiger partial charge in [0.2, 0.25) is 11.8 Å². The predicted molar refractivity (Wildman–Crippen MR) is 104 cm³/mol. The van der Waals surface area contributed by atoms with Crippen molar-refractivity contribution >= 4 is 23.2 Å². The van der Waals surface area contributed by atoms with E-state index in [1.165, 1.54) is 12.8 Å². The third-order valence-electron chi connectivity index (χ3n) is 5.34. The van der Waals surface area contributed by atoms with Crippen molar-refractivity contribution in [2.75, 3.05) is 23.4 Å². The fourth-order valence-corrected chi connectivity index (χ4v) is 3.86. The molecule has 2 amide bonds. The summed E-state index contributed by atoms with van der Waals surface area (Å²) < 4.78 is 5.95. The molecule has 3 rings (SSSR count). The molecule has 5 nitrogen and oxygen atoms in total. The molecule has 1 fully saturated rings. The Morgan fingerprint density at radius 1 is 1.31 bits per heavy atom. The number of nitrogens with zero attached hydrogens (tertiary/aromatic N) is 1. The van der Waals surface area contributed by atoms with Crippen LogP contribution in [0.2, 0.25) is 0 Å². The highest BCUT2D eigenvalue weighted by atomic mass is 16.5. The Labute approximate surface area is 156 Å². The number of rotatable bonds is 5. The molecule has 0 radical (unpaired) electrons. The number of amides is 2. The number of benzene rings is 1. The molecule has 1 heterocycles. The highest BCUT2D eigenvalue weighted by molar-refractivity contribution is 6.00. The van der Waals surface area contributed by atoms with E-state index in [2.05, 4.69) is 12.2 Å². The largest absolute Gasteiger partial charge is 0.490 e. The van der Waals surface area contributed by atoms with Gasteiger partial charge in [0.15, 0.2) is 0 Å². The molecule has 5 heteroatoms. The third-order valence-corrected chi connectivity index (χ3v) is 5.34. The molecular formula is C21H30N2O3. The Bertz CT molecular complexity index is 678. The van der Waals surface area contributed by atoms with Crippen LogP contribution in [0.15, 0.2) is 18.2 Å². The summed E-state index contributed by atoms with van der Waals surface area (Å²) in [5, 5.41) is 3.00. The second-order valence-corrected chi connectivity index (χ2v) is 8.21. The number of anilines is 2. The van der Waals surface area contributed by atoms with Gasteiger partial charge in [0.05, 0.1) is 11.1 Å². The predicted octanol–water partition coefficient (Wildman–Crippen LogP) is 4.37. The number of hydrogen-bond acceptors (Lipinski definition) is 3. The molecule has 2 aliphatic rings. The molecule has 0 spiro atoms. The van der Waals surface area contributed by atoms with Gasteiger partial charge in [0, 0.05) is 24.7 Å². The fraction of sp³-hybridized carbons (Fsp3) is 0.619. The zero-order valence-corrected chi connectivity index (χ0v) is 16.1. The van der Waals surface area contributed by atoms with Gasteiger partial charge in [-0.05, 0) is 51.2 Å². The van der Waals surface area contributed by atoms with Crippen molar-refractivity contribution in [1.82, 2.24) is 0 Å². The minimum absolute atomic E-state index is 0.0623. The molecule has 0 saturated heterocycles. The molecule has 0 unspecified atom stereocenters. The van der Waals surface area contributed by atoms with E-state index >= 15 is 0 Å². The van der Waals surface area contributed by atoms with Gasteiger partial charge in [-0.25, -0.2) is 0 Å². The van der Waals surface area contributed by atoms with E-state index in [0.717, 1.165) is 30.6 Å². The van der Waals surface area contributed by atoms with Crippen molar-refractivity contribution in [3.05, 3.63) is 18.2 Å². The lowest BCUT2D eigenvalue weighted by Crippen LogP contribution is -2.42. The van der Waals surface area contributed by atoms with Crippen molar-refractivity contribution < 1.29 is 14.3 Å². The Morgan fingerprint density at radius 3 is 2.73 bits per heavy atom. The van der Waals surface area contributed by atoms with E-state index < -0.39 is 5.41 Å². The van der Waals surface area contributed by atoms with Gasteiger partial charge in [0.1, 0.15) is 12.4 Å². The maximum atomic E-state index is 12.9. The molecule has 1 N–H and O–H groups in total. The first-order valence-electron chi connectivity index (χ1n) is 9.79. The molecule has 26 heavy (non-hydrogen) atoms. The summed E-state index contributed by atoms with van der Waals surface area (Å²) in [5.41, 5.74) is 0.951. The number of hydrogen-bond donors (Lipinski definition) is 1. The van der Waals surface area contributed by atoms with Crippen molar-refractivity contribution in [3.8, 4) is 5.75 Å². The van der Waals surface area contributed by atoms with E-state index in [4.69, 9.17) is 4.74 Å². The molecular weight excluding hydrogens is 328 g/mol. The summed E-state index contributed by atoms with van der Waals surface area (Å²) in [6.45, 7) is 6.87. The standard InChI is InChI=1S/C21H30N2O3/c1-4-11-23-17-10-9-16(22-19(24)12-15-7-5-6-8-15)13-18(17)26-14-21(2,3)20(23)25/h9-10,13,15H,4-8,11-12,14H2,1-3H3,(H,22,24). The van der Waals surface area contributed by atoms with E-state index in [9.17, 15) is 9.59 Å². The van der Waals surface area contributed by atoms with Gasteiger partial charge < -0.3 is 15.0 Å². The lowest BCUT2D eigenvalue weighted by Gasteiger charge is -2.27. The van der Waals surface area contributed by atoms with Crippen molar-refractivity contribution in [2.45, 2.75) is 59.3 Å². The summed E-state index contributed by atoms with van der Waals surface area (Å²) in [5.74, 6) is 1.32. The minimum atomic E-state index is -0.569. The van der Waals surface area contributed by atoms with Crippen LogP contribution in [0.4, 0.5) is 11.4 Å². The van der Waals surface area contributed by atoms with Gasteiger partial charge in [-0.15, -0.1) is 0 Å². The fourth-order valence-electron chi connectivity index (χ4n) is 3.86. The molecule has 1 aliphatic heterocycles. The number of carbonyl (C=O) groups excluding carboxylic acids is 2. The number of ether oxygens (including phenoxy) is 1. The molecule has 0 atom stereocenters. The van der Waals surface area contributed by atoms with E-state index in [1.54, 1.807) is 0 Å². The Morgan fingerprint density at radius 2 is 2.04 bits per heavy atom. The van der Waals surface area contributed by atoms with Gasteiger partial charge in [-0.3, -0.25) is 9.59 Å². The highest BCUT2D eigenvalue weighted by Crippen LogP contribution is 2.38. The molecule has 1 aromatic rings. The number of fused-ring (bicyclic) bond motifs is 1. The van der Waals surface area contributed by atoms with E-state index in [-0.39, 0.29) is 11.8 Å². The summed E-state index contributed by atoms with van der Waals surface area (Å²) >= 11 is 0. The Hall–Kier alpha value is -2.04. The molecule has 0 bridgehead atoms. The van der Waals surface area contributed by atoms with E-state index in [0.29, 0.717) is 31.2 Å². The summed E-state index contributed by atoms with van der Waals surface area (Å²) in [4.78, 5) is 27.0. The summed E-state index contributed by atoms with van der Waals surface area (Å²) in [6, 6.07) is 5.59. The second-order valence-electron chi connectivity index (χ2n) is 8.21. The van der Waals surface area contributed by atoms with Crippen LogP contribution < -0.4 is 15.0 Å². The van der Waals surface area contributed by atoms with Crippen LogP contribution in [-0.2, 0) is 9.59 Å². The first-order valence-corrected chi connectivity index (χ1v) is 9.79. The normalized spacial score (nSPS) is 19.7. The van der Waals surface area contributed by atoms with Crippen LogP contribution in [0, 0.1) is 11.3 Å². The van der Waals surface area contributed by atoms with Gasteiger partial charge in [0.25, 0.3) is 0 Å². The Balaban J connectivity index is 1.77. The highest BCUT2D eigenvalue weighted by Gasteiger charge is 2.37. The van der Waals surface area contributed by atoms with Gasteiger partial charge in [-0.1, -0.05) is 19.8 Å². The van der Waals surface area contributed by atoms with Crippen molar-refractivity contribution in [1.29, 1.82) is 0 Å². The van der Waals surface area contributed by atoms with Crippen LogP contribution in [0.1, 0.15) is 59.3 Å². The molecule has 1 aliphatic carbocycles. The van der Waals surface area contributed by atoms with Crippen LogP contribution >= 0.6 is 0 Å². The molecule has 142 valence electrons. The Kier molecular flexibility index (Phi) is 5.54. The number of carbonyl (C=O) groups is 2. The average Bonchev–Trinajstić information content (AvgIpc) is 3.07. The van der Waals surface area contributed by atoms with Crippen molar-refractivity contribution in [2.24, 2.45) is 11.3 Å². The average molecular weight is 358 g/mol. The summed E-state index contributed by atoms with van der Waals surface area (Å²) in [6.07, 6.45) is 6.25. The minimum Gasteiger partial charge on any atom is -0.490 e. The van der Waals surface area contributed by atoms with Crippen LogP contribution in [-0.4, -0.2) is 25.0 Å². The first kappa shape index (κ1) is 18.7. The number of nitrogens with one attached hydrogen (secondary N) is 1. The maximum absolute atomic E-state index is 12.9. The first-order chi connectivity index (χ1) is 12.4. The van der Waals surface area contributed by atoms with Gasteiger partial charge in [-0.2, -0.15) is 0 Å². The van der Waals surface area contributed by atoms with Gasteiger partial charge >= 0.3 is 0 Å². The van der Waals surface area contributed by atoms with Crippen LogP contribution in [0.25, 0.3) is 0 Å². The van der Waals surface area contributed by atoms with Crippen LogP contribution in [0.5, 0.6) is 5.75 Å². The SMILES string of the molecule is CCCN1C(=O)C(C)(C)COc2cc(NC(=O)CC3CCCC3)ccc21. The zero-order valence-electron chi connectivity index (χ0n) is 16.1. The monoisotopic (exact) mass is 358 g/mol. The summed E-state index contributed by atoms with van der Waals surface area (Å²) in [7, 11) is 0. The van der Waals surface area contributed by atoms with Crippen molar-refractivity contribution in [3.63, 3.8) is 0 Å². The lowest BCUT2D eigenvalue weighted by molar-refractivity contribution is -0.127. The van der Waals surface area contributed by atoms with Crippen LogP contribution in [0.3, 0.4) is 0 Å². The molecule has 1 aromatic carbocycles. The van der Waals surface area contributed by atoms with E-state index in [1.807, 2.05) is 36.9 Å². The third kappa shape index (κ3) is 4.02. The molecule has 0 aromatic heterocycles. The maximum Gasteiger partial charge on any atom is 0.236 e. The topological polar surface area (TPSA) is 58.6 Å². The second kappa shape index (κ2) is 7.68. The molecule has 1 saturated carbocycles. The lowest BCUT2D eigenvalue weighted by atomic mass is 9.93. The quantitative estimate of drug-likeness (QED) is 0.850. The zero-order chi connectivity index (χ0) is 18.7. The smallest absolute Gasteiger partial charge is 0.236 e.